The summed E-state index contributed by atoms with van der Waals surface area (Å²) in [6.07, 6.45) is 2.20. The van der Waals surface area contributed by atoms with Crippen molar-refractivity contribution in [3.63, 3.8) is 0 Å². The molecule has 0 radical (unpaired) electrons. The van der Waals surface area contributed by atoms with Gasteiger partial charge in [-0.1, -0.05) is 72.8 Å². The summed E-state index contributed by atoms with van der Waals surface area (Å²) in [5.41, 5.74) is 4.23. The molecule has 0 aliphatic heterocycles. The van der Waals surface area contributed by atoms with Crippen molar-refractivity contribution >= 4 is 28.8 Å². The number of nitrogens with one attached hydrogen (secondary N) is 2. The lowest BCUT2D eigenvalue weighted by Gasteiger charge is -2.04. The number of benzene rings is 3. The van der Waals surface area contributed by atoms with Gasteiger partial charge in [-0.15, -0.1) is 0 Å². The minimum atomic E-state index is -0.783. The molecule has 0 saturated heterocycles. The standard InChI is InChI=1S/C21H19N3O2/c25-20(22-14-13-16-7-2-1-3-8-16)21(26)24-23-15-18-11-6-10-17-9-4-5-12-19(17)18/h1-12,15H,13-14H2,(H,22,25)(H,24,26)/b23-15-. The van der Waals surface area contributed by atoms with Crippen LogP contribution >= 0.6 is 0 Å². The molecule has 0 unspecified atom stereocenters. The third kappa shape index (κ3) is 4.54. The Balaban J connectivity index is 1.51. The maximum atomic E-state index is 11.8. The first-order valence-electron chi connectivity index (χ1n) is 8.37. The third-order valence-electron chi connectivity index (χ3n) is 3.94. The average Bonchev–Trinajstić information content (AvgIpc) is 2.69. The number of nitrogens with zero attached hydrogens (tertiary/aromatic N) is 1. The van der Waals surface area contributed by atoms with E-state index in [-0.39, 0.29) is 0 Å². The van der Waals surface area contributed by atoms with Gasteiger partial charge in [0.25, 0.3) is 0 Å². The van der Waals surface area contributed by atoms with Gasteiger partial charge in [0.05, 0.1) is 6.21 Å². The average molecular weight is 345 g/mol. The van der Waals surface area contributed by atoms with Gasteiger partial charge in [0, 0.05) is 12.1 Å². The van der Waals surface area contributed by atoms with Crippen LogP contribution in [0.4, 0.5) is 0 Å². The predicted molar refractivity (Wildman–Crippen MR) is 103 cm³/mol. The highest BCUT2D eigenvalue weighted by atomic mass is 16.2. The van der Waals surface area contributed by atoms with Crippen molar-refractivity contribution in [3.05, 3.63) is 83.9 Å². The minimum Gasteiger partial charge on any atom is -0.347 e. The second kappa shape index (κ2) is 8.58. The van der Waals surface area contributed by atoms with Crippen LogP contribution in [0.5, 0.6) is 0 Å². The molecule has 130 valence electrons. The lowest BCUT2D eigenvalue weighted by atomic mass is 10.1. The number of hydrogen-bond acceptors (Lipinski definition) is 3. The molecule has 0 spiro atoms. The van der Waals surface area contributed by atoms with Gasteiger partial charge in [0.1, 0.15) is 0 Å². The van der Waals surface area contributed by atoms with Gasteiger partial charge >= 0.3 is 11.8 Å². The molecular formula is C21H19N3O2. The van der Waals surface area contributed by atoms with E-state index < -0.39 is 11.8 Å². The number of fused-ring (bicyclic) bond motifs is 1. The Morgan fingerprint density at radius 3 is 2.42 bits per heavy atom. The van der Waals surface area contributed by atoms with E-state index in [1.54, 1.807) is 0 Å². The summed E-state index contributed by atoms with van der Waals surface area (Å²) in [5, 5.41) is 8.59. The molecule has 0 aliphatic rings. The Kier molecular flexibility index (Phi) is 5.72. The number of hydrazone groups is 1. The number of hydrogen-bond donors (Lipinski definition) is 2. The van der Waals surface area contributed by atoms with Crippen molar-refractivity contribution in [2.75, 3.05) is 6.54 Å². The largest absolute Gasteiger partial charge is 0.347 e. The first kappa shape index (κ1) is 17.4. The molecule has 5 nitrogen and oxygen atoms in total. The van der Waals surface area contributed by atoms with Crippen molar-refractivity contribution in [2.24, 2.45) is 5.10 Å². The molecule has 5 heteroatoms. The van der Waals surface area contributed by atoms with E-state index in [0.29, 0.717) is 13.0 Å². The Labute approximate surface area is 151 Å². The van der Waals surface area contributed by atoms with E-state index in [2.05, 4.69) is 15.8 Å². The van der Waals surface area contributed by atoms with Crippen LogP contribution in [-0.4, -0.2) is 24.6 Å². The van der Waals surface area contributed by atoms with Crippen LogP contribution in [0.15, 0.2) is 77.9 Å². The smallest absolute Gasteiger partial charge is 0.329 e. The van der Waals surface area contributed by atoms with Crippen LogP contribution in [0.2, 0.25) is 0 Å². The van der Waals surface area contributed by atoms with Crippen molar-refractivity contribution < 1.29 is 9.59 Å². The zero-order valence-corrected chi connectivity index (χ0v) is 14.2. The van der Waals surface area contributed by atoms with Crippen LogP contribution in [0.3, 0.4) is 0 Å². The molecule has 2 N–H and O–H groups in total. The summed E-state index contributed by atoms with van der Waals surface area (Å²) >= 11 is 0. The SMILES string of the molecule is O=C(NCCc1ccccc1)C(=O)N/N=C\c1cccc2ccccc12. The summed E-state index contributed by atoms with van der Waals surface area (Å²) in [7, 11) is 0. The molecule has 3 rings (SSSR count). The van der Waals surface area contributed by atoms with Gasteiger partial charge in [-0.3, -0.25) is 9.59 Å². The summed E-state index contributed by atoms with van der Waals surface area (Å²) in [6.45, 7) is 0.392. The van der Waals surface area contributed by atoms with Gasteiger partial charge < -0.3 is 5.32 Å². The van der Waals surface area contributed by atoms with Gasteiger partial charge in [-0.25, -0.2) is 5.43 Å². The Morgan fingerprint density at radius 1 is 0.846 bits per heavy atom. The molecule has 0 atom stereocenters. The lowest BCUT2D eigenvalue weighted by Crippen LogP contribution is -2.38. The van der Waals surface area contributed by atoms with Crippen molar-refractivity contribution in [2.45, 2.75) is 6.42 Å². The third-order valence-corrected chi connectivity index (χ3v) is 3.94. The minimum absolute atomic E-state index is 0.392. The Bertz CT molecular complexity index is 931. The van der Waals surface area contributed by atoms with E-state index >= 15 is 0 Å². The fourth-order valence-electron chi connectivity index (χ4n) is 2.62. The summed E-state index contributed by atoms with van der Waals surface area (Å²) < 4.78 is 0. The van der Waals surface area contributed by atoms with Crippen molar-refractivity contribution in [3.8, 4) is 0 Å². The van der Waals surface area contributed by atoms with Gasteiger partial charge in [0.15, 0.2) is 0 Å². The number of amides is 2. The maximum Gasteiger partial charge on any atom is 0.329 e. The van der Waals surface area contributed by atoms with E-state index in [0.717, 1.165) is 21.9 Å². The fraction of sp³-hybridized carbons (Fsp3) is 0.0952. The fourth-order valence-corrected chi connectivity index (χ4v) is 2.62. The van der Waals surface area contributed by atoms with Crippen LogP contribution in [0, 0.1) is 0 Å². The van der Waals surface area contributed by atoms with Crippen LogP contribution in [0.25, 0.3) is 10.8 Å². The second-order valence-corrected chi connectivity index (χ2v) is 5.76. The molecule has 3 aromatic carbocycles. The molecule has 0 aliphatic carbocycles. The Morgan fingerprint density at radius 2 is 1.58 bits per heavy atom. The molecule has 0 heterocycles. The quantitative estimate of drug-likeness (QED) is 0.424. The summed E-state index contributed by atoms with van der Waals surface area (Å²) in [5.74, 6) is -1.48. The first-order chi connectivity index (χ1) is 12.7. The topological polar surface area (TPSA) is 70.6 Å². The van der Waals surface area contributed by atoms with Gasteiger partial charge in [0.2, 0.25) is 0 Å². The van der Waals surface area contributed by atoms with E-state index in [9.17, 15) is 9.59 Å². The molecule has 2 amide bonds. The highest BCUT2D eigenvalue weighted by Gasteiger charge is 2.11. The molecule has 0 fully saturated rings. The highest BCUT2D eigenvalue weighted by Crippen LogP contribution is 2.16. The van der Waals surface area contributed by atoms with E-state index in [4.69, 9.17) is 0 Å². The van der Waals surface area contributed by atoms with Gasteiger partial charge in [-0.2, -0.15) is 5.10 Å². The molecule has 0 bridgehead atoms. The van der Waals surface area contributed by atoms with E-state index in [1.807, 2.05) is 72.8 Å². The van der Waals surface area contributed by atoms with Crippen molar-refractivity contribution in [1.29, 1.82) is 0 Å². The number of rotatable bonds is 5. The summed E-state index contributed by atoms with van der Waals surface area (Å²) in [4.78, 5) is 23.6. The maximum absolute atomic E-state index is 11.8. The predicted octanol–water partition coefficient (Wildman–Crippen LogP) is 2.65. The lowest BCUT2D eigenvalue weighted by molar-refractivity contribution is -0.139. The number of carbonyl (C=O) groups excluding carboxylic acids is 2. The van der Waals surface area contributed by atoms with Crippen LogP contribution < -0.4 is 10.7 Å². The normalized spacial score (nSPS) is 10.8. The monoisotopic (exact) mass is 345 g/mol. The molecular weight excluding hydrogens is 326 g/mol. The van der Waals surface area contributed by atoms with E-state index in [1.165, 1.54) is 6.21 Å². The molecule has 26 heavy (non-hydrogen) atoms. The van der Waals surface area contributed by atoms with Crippen LogP contribution in [0.1, 0.15) is 11.1 Å². The van der Waals surface area contributed by atoms with Crippen LogP contribution in [-0.2, 0) is 16.0 Å². The highest BCUT2D eigenvalue weighted by molar-refractivity contribution is 6.35. The molecule has 3 aromatic rings. The first-order valence-corrected chi connectivity index (χ1v) is 8.37. The zero-order valence-electron chi connectivity index (χ0n) is 14.2. The second-order valence-electron chi connectivity index (χ2n) is 5.76. The summed E-state index contributed by atoms with van der Waals surface area (Å²) in [6, 6.07) is 23.5. The molecule has 0 aromatic heterocycles. The zero-order chi connectivity index (χ0) is 18.2. The van der Waals surface area contributed by atoms with Gasteiger partial charge in [-0.05, 0) is 22.8 Å². The molecule has 0 saturated carbocycles. The number of carbonyl (C=O) groups is 2. The van der Waals surface area contributed by atoms with Crippen molar-refractivity contribution in [1.82, 2.24) is 10.7 Å². The Hall–Kier alpha value is -3.47.